The molecule has 1 fully saturated rings. The Morgan fingerprint density at radius 1 is 1.19 bits per heavy atom. The van der Waals surface area contributed by atoms with Gasteiger partial charge >= 0.3 is 0 Å². The van der Waals surface area contributed by atoms with Gasteiger partial charge in [0, 0.05) is 42.6 Å². The first kappa shape index (κ1) is 18.8. The molecule has 1 aliphatic carbocycles. The van der Waals surface area contributed by atoms with Crippen molar-refractivity contribution in [3.8, 4) is 5.75 Å². The van der Waals surface area contributed by atoms with E-state index >= 15 is 0 Å². The Morgan fingerprint density at radius 3 is 2.27 bits per heavy atom. The van der Waals surface area contributed by atoms with Crippen molar-refractivity contribution in [1.29, 1.82) is 0 Å². The van der Waals surface area contributed by atoms with E-state index in [2.05, 4.69) is 39.2 Å². The van der Waals surface area contributed by atoms with Crippen molar-refractivity contribution in [1.82, 2.24) is 4.90 Å². The summed E-state index contributed by atoms with van der Waals surface area (Å²) < 4.78 is 0. The van der Waals surface area contributed by atoms with E-state index in [1.54, 1.807) is 12.1 Å². The summed E-state index contributed by atoms with van der Waals surface area (Å²) >= 11 is 0. The second-order valence-electron chi connectivity index (χ2n) is 9.13. The maximum atomic E-state index is 12.7. The van der Waals surface area contributed by atoms with E-state index in [0.29, 0.717) is 24.0 Å². The first-order valence-corrected chi connectivity index (χ1v) is 9.53. The zero-order valence-corrected chi connectivity index (χ0v) is 16.7. The number of phenolic OH excluding ortho intramolecular Hbond substituents is 1. The van der Waals surface area contributed by atoms with Crippen LogP contribution in [-0.2, 0) is 4.79 Å². The van der Waals surface area contributed by atoms with Crippen LogP contribution in [0.3, 0.4) is 0 Å². The number of Topliss-reactive ketones (excluding diaryl/α,β-unsaturated/α-hetero) is 1. The van der Waals surface area contributed by atoms with Crippen LogP contribution in [0.2, 0.25) is 0 Å². The lowest BCUT2D eigenvalue weighted by Crippen LogP contribution is -2.51. The van der Waals surface area contributed by atoms with Crippen molar-refractivity contribution in [3.05, 3.63) is 53.3 Å². The largest absolute Gasteiger partial charge is 0.508 e. The predicted molar refractivity (Wildman–Crippen MR) is 106 cm³/mol. The van der Waals surface area contributed by atoms with E-state index < -0.39 is 0 Å². The fourth-order valence-corrected chi connectivity index (χ4v) is 4.58. The van der Waals surface area contributed by atoms with Gasteiger partial charge in [0.1, 0.15) is 5.75 Å². The molecule has 1 aromatic carbocycles. The quantitative estimate of drug-likeness (QED) is 0.786. The molecule has 1 N–H and O–H groups in total. The molecule has 1 heterocycles. The van der Waals surface area contributed by atoms with Crippen LogP contribution in [0.25, 0.3) is 0 Å². The number of nitrogens with zero attached hydrogens (tertiary/aromatic N) is 1. The fraction of sp³-hybridized carbons (Fsp3) is 0.522. The van der Waals surface area contributed by atoms with Crippen molar-refractivity contribution in [2.75, 3.05) is 13.1 Å². The molecule has 1 saturated heterocycles. The van der Waals surface area contributed by atoms with Crippen LogP contribution in [0.5, 0.6) is 5.75 Å². The third kappa shape index (κ3) is 3.32. The molecule has 1 aliphatic heterocycles. The molecule has 3 heteroatoms. The molecule has 0 spiro atoms. The number of hydrogen-bond acceptors (Lipinski definition) is 3. The molecule has 0 radical (unpaired) electrons. The van der Waals surface area contributed by atoms with Gasteiger partial charge in [-0.25, -0.2) is 0 Å². The summed E-state index contributed by atoms with van der Waals surface area (Å²) in [6, 6.07) is 7.51. The second-order valence-corrected chi connectivity index (χ2v) is 9.13. The topological polar surface area (TPSA) is 40.5 Å². The van der Waals surface area contributed by atoms with E-state index in [9.17, 15) is 9.90 Å². The minimum Gasteiger partial charge on any atom is -0.508 e. The summed E-state index contributed by atoms with van der Waals surface area (Å²) in [6.07, 6.45) is 0.585. The third-order valence-corrected chi connectivity index (χ3v) is 6.06. The SMILES string of the molecule is C=C(C)C1CC(=O)C(C)=C(N2CC(c3ccc(O)cc3)C2)C1C(C)(C)C. The highest BCUT2D eigenvalue weighted by Crippen LogP contribution is 2.49. The van der Waals surface area contributed by atoms with Crippen molar-refractivity contribution in [2.45, 2.75) is 47.0 Å². The van der Waals surface area contributed by atoms with Gasteiger partial charge < -0.3 is 10.0 Å². The van der Waals surface area contributed by atoms with E-state index in [4.69, 9.17) is 0 Å². The Morgan fingerprint density at radius 2 is 1.77 bits per heavy atom. The van der Waals surface area contributed by atoms with Crippen molar-refractivity contribution < 1.29 is 9.90 Å². The summed E-state index contributed by atoms with van der Waals surface area (Å²) in [6.45, 7) is 16.9. The molecule has 2 atom stereocenters. The normalized spacial score (nSPS) is 24.7. The van der Waals surface area contributed by atoms with Crippen LogP contribution in [0.4, 0.5) is 0 Å². The summed E-state index contributed by atoms with van der Waals surface area (Å²) in [7, 11) is 0. The molecule has 3 nitrogen and oxygen atoms in total. The molecule has 2 aliphatic rings. The molecule has 1 aromatic rings. The maximum absolute atomic E-state index is 12.7. The van der Waals surface area contributed by atoms with Crippen LogP contribution in [-0.4, -0.2) is 28.9 Å². The molecule has 2 unspecified atom stereocenters. The number of phenols is 1. The number of hydrogen-bond donors (Lipinski definition) is 1. The van der Waals surface area contributed by atoms with E-state index in [1.807, 2.05) is 19.1 Å². The van der Waals surface area contributed by atoms with Gasteiger partial charge in [0.05, 0.1) is 0 Å². The number of carbonyl (C=O) groups is 1. The smallest absolute Gasteiger partial charge is 0.160 e. The minimum absolute atomic E-state index is 0.0739. The Kier molecular flexibility index (Phi) is 4.76. The van der Waals surface area contributed by atoms with Crippen molar-refractivity contribution in [2.24, 2.45) is 17.3 Å². The van der Waals surface area contributed by atoms with Gasteiger partial charge in [-0.15, -0.1) is 0 Å². The van der Waals surface area contributed by atoms with Gasteiger partial charge in [0.15, 0.2) is 5.78 Å². The van der Waals surface area contributed by atoms with Gasteiger partial charge in [0.2, 0.25) is 0 Å². The molecule has 0 aromatic heterocycles. The Labute approximate surface area is 157 Å². The van der Waals surface area contributed by atoms with Crippen molar-refractivity contribution in [3.63, 3.8) is 0 Å². The predicted octanol–water partition coefficient (Wildman–Crippen LogP) is 4.89. The van der Waals surface area contributed by atoms with E-state index in [0.717, 1.165) is 24.2 Å². The summed E-state index contributed by atoms with van der Waals surface area (Å²) in [4.78, 5) is 15.1. The number of carbonyl (C=O) groups excluding carboxylic acids is 1. The van der Waals surface area contributed by atoms with Crippen LogP contribution in [0, 0.1) is 17.3 Å². The third-order valence-electron chi connectivity index (χ3n) is 6.06. The van der Waals surface area contributed by atoms with E-state index in [-0.39, 0.29) is 17.1 Å². The number of rotatable bonds is 3. The van der Waals surface area contributed by atoms with Crippen molar-refractivity contribution >= 4 is 5.78 Å². The van der Waals surface area contributed by atoms with Gasteiger partial charge in [-0.05, 0) is 42.9 Å². The molecule has 0 amide bonds. The second kappa shape index (κ2) is 6.61. The molecule has 0 saturated carbocycles. The molecule has 26 heavy (non-hydrogen) atoms. The Hall–Kier alpha value is -2.03. The monoisotopic (exact) mass is 353 g/mol. The first-order valence-electron chi connectivity index (χ1n) is 9.53. The lowest BCUT2D eigenvalue weighted by Gasteiger charge is -2.52. The zero-order chi connectivity index (χ0) is 19.2. The number of benzene rings is 1. The van der Waals surface area contributed by atoms with Crippen LogP contribution in [0.15, 0.2) is 47.7 Å². The minimum atomic E-state index is 0.0739. The van der Waals surface area contributed by atoms with Crippen LogP contribution in [0.1, 0.15) is 52.5 Å². The summed E-state index contributed by atoms with van der Waals surface area (Å²) in [5, 5.41) is 9.49. The molecule has 140 valence electrons. The van der Waals surface area contributed by atoms with Crippen LogP contribution < -0.4 is 0 Å². The lowest BCUT2D eigenvalue weighted by molar-refractivity contribution is -0.118. The molecular formula is C23H31NO2. The number of likely N-dealkylation sites (tertiary alicyclic amines) is 1. The molecular weight excluding hydrogens is 322 g/mol. The summed E-state index contributed by atoms with van der Waals surface area (Å²) in [5.74, 6) is 1.56. The average Bonchev–Trinajstić information content (AvgIpc) is 2.50. The molecule has 3 rings (SSSR count). The lowest BCUT2D eigenvalue weighted by atomic mass is 9.63. The summed E-state index contributed by atoms with van der Waals surface area (Å²) in [5.41, 5.74) is 4.61. The highest BCUT2D eigenvalue weighted by molar-refractivity contribution is 5.97. The Balaban J connectivity index is 1.88. The number of allylic oxidation sites excluding steroid dienone is 3. The van der Waals surface area contributed by atoms with Gasteiger partial charge in [-0.2, -0.15) is 0 Å². The Bertz CT molecular complexity index is 745. The van der Waals surface area contributed by atoms with E-state index in [1.165, 1.54) is 11.3 Å². The maximum Gasteiger partial charge on any atom is 0.160 e. The number of ketones is 1. The van der Waals surface area contributed by atoms with Gasteiger partial charge in [-0.1, -0.05) is 45.1 Å². The van der Waals surface area contributed by atoms with Gasteiger partial charge in [0.25, 0.3) is 0 Å². The highest BCUT2D eigenvalue weighted by atomic mass is 16.3. The standard InChI is InChI=1S/C23H31NO2/c1-14(2)19-11-20(26)15(3)22(21(19)23(4,5)6)24-12-17(13-24)16-7-9-18(25)10-8-16/h7-10,17,19,21,25H,1,11-13H2,2-6H3. The first-order chi connectivity index (χ1) is 12.1. The zero-order valence-electron chi connectivity index (χ0n) is 16.7. The van der Waals surface area contributed by atoms with Crippen LogP contribution >= 0.6 is 0 Å². The fourth-order valence-electron chi connectivity index (χ4n) is 4.58. The molecule has 0 bridgehead atoms. The highest BCUT2D eigenvalue weighted by Gasteiger charge is 2.45. The number of aromatic hydroxyl groups is 1. The average molecular weight is 354 g/mol. The van der Waals surface area contributed by atoms with Gasteiger partial charge in [-0.3, -0.25) is 4.79 Å².